The van der Waals surface area contributed by atoms with Gasteiger partial charge in [0.1, 0.15) is 0 Å². The second-order valence-corrected chi connectivity index (χ2v) is 9.15. The summed E-state index contributed by atoms with van der Waals surface area (Å²) in [7, 11) is 3.26. The molecule has 0 aromatic heterocycles. The van der Waals surface area contributed by atoms with E-state index >= 15 is 0 Å². The molecule has 1 aliphatic carbocycles. The molecule has 0 bridgehead atoms. The first-order valence-corrected chi connectivity index (χ1v) is 11.5. The van der Waals surface area contributed by atoms with Crippen LogP contribution in [0.3, 0.4) is 0 Å². The lowest BCUT2D eigenvalue weighted by atomic mass is 9.66. The minimum Gasteiger partial charge on any atom is -0.493 e. The highest BCUT2D eigenvalue weighted by molar-refractivity contribution is 5.92. The van der Waals surface area contributed by atoms with Crippen molar-refractivity contribution >= 4 is 11.6 Å². The van der Waals surface area contributed by atoms with Crippen LogP contribution >= 0.6 is 0 Å². The van der Waals surface area contributed by atoms with Gasteiger partial charge in [0.15, 0.2) is 11.5 Å². The number of rotatable bonds is 6. The van der Waals surface area contributed by atoms with Crippen LogP contribution in [-0.4, -0.2) is 48.8 Å². The third kappa shape index (κ3) is 4.62. The Bertz CT molecular complexity index is 945. The molecule has 172 valence electrons. The minimum atomic E-state index is -0.681. The molecule has 6 heteroatoms. The van der Waals surface area contributed by atoms with Crippen molar-refractivity contribution in [2.75, 3.05) is 32.6 Å². The zero-order chi connectivity index (χ0) is 22.7. The van der Waals surface area contributed by atoms with E-state index in [2.05, 4.69) is 10.2 Å². The molecule has 4 rings (SSSR count). The number of aliphatic hydroxyl groups is 1. The van der Waals surface area contributed by atoms with Crippen molar-refractivity contribution in [1.82, 2.24) is 4.90 Å². The Morgan fingerprint density at radius 3 is 2.56 bits per heavy atom. The molecule has 2 fully saturated rings. The highest BCUT2D eigenvalue weighted by Gasteiger charge is 2.49. The normalized spacial score (nSPS) is 25.6. The van der Waals surface area contributed by atoms with Gasteiger partial charge in [-0.1, -0.05) is 36.6 Å². The fraction of sp³-hybridized carbons (Fsp3) is 0.500. The topological polar surface area (TPSA) is 71.0 Å². The van der Waals surface area contributed by atoms with E-state index in [-0.39, 0.29) is 24.4 Å². The predicted octanol–water partition coefficient (Wildman–Crippen LogP) is 4.32. The summed E-state index contributed by atoms with van der Waals surface area (Å²) in [5.41, 5.74) is 2.33. The number of hydrogen-bond donors (Lipinski definition) is 2. The van der Waals surface area contributed by atoms with Crippen molar-refractivity contribution in [2.24, 2.45) is 5.92 Å². The average Bonchev–Trinajstić information content (AvgIpc) is 2.80. The molecule has 3 atom stereocenters. The number of ether oxygens (including phenoxy) is 2. The van der Waals surface area contributed by atoms with Gasteiger partial charge in [0.2, 0.25) is 5.91 Å². The highest BCUT2D eigenvalue weighted by Crippen LogP contribution is 2.50. The van der Waals surface area contributed by atoms with Crippen molar-refractivity contribution in [2.45, 2.75) is 50.7 Å². The van der Waals surface area contributed by atoms with Crippen molar-refractivity contribution in [1.29, 1.82) is 0 Å². The van der Waals surface area contributed by atoms with E-state index in [1.54, 1.807) is 14.2 Å². The SMILES string of the molecule is COc1ccc([C@@H]2[C@H]3CCCC[C@@]3(O)CCN2CC(=O)Nc2ccc(C)cc2)cc1OC. The van der Waals surface area contributed by atoms with Gasteiger partial charge >= 0.3 is 0 Å². The lowest BCUT2D eigenvalue weighted by Crippen LogP contribution is -2.56. The van der Waals surface area contributed by atoms with E-state index in [1.165, 1.54) is 0 Å². The Hall–Kier alpha value is -2.57. The molecule has 32 heavy (non-hydrogen) atoms. The quantitative estimate of drug-likeness (QED) is 0.703. The fourth-order valence-corrected chi connectivity index (χ4v) is 5.42. The molecule has 0 spiro atoms. The van der Waals surface area contributed by atoms with Crippen LogP contribution in [0, 0.1) is 12.8 Å². The van der Waals surface area contributed by atoms with E-state index in [0.29, 0.717) is 24.5 Å². The highest BCUT2D eigenvalue weighted by atomic mass is 16.5. The number of carbonyl (C=O) groups excluding carboxylic acids is 1. The molecule has 2 aromatic rings. The first-order chi connectivity index (χ1) is 15.4. The molecule has 6 nitrogen and oxygen atoms in total. The molecule has 1 saturated heterocycles. The van der Waals surface area contributed by atoms with Crippen LogP contribution in [0.25, 0.3) is 0 Å². The van der Waals surface area contributed by atoms with E-state index < -0.39 is 5.60 Å². The smallest absolute Gasteiger partial charge is 0.238 e. The molecule has 0 radical (unpaired) electrons. The summed E-state index contributed by atoms with van der Waals surface area (Å²) in [6.45, 7) is 2.98. The van der Waals surface area contributed by atoms with Gasteiger partial charge in [-0.25, -0.2) is 0 Å². The standard InChI is InChI=1S/C26H34N2O4/c1-18-7-10-20(11-8-18)27-24(29)17-28-15-14-26(30)13-5-4-6-21(26)25(28)19-9-12-22(31-2)23(16-19)32-3/h7-12,16,21,25,30H,4-6,13-15,17H2,1-3H3,(H,27,29)/t21-,25-,26-/m1/s1. The summed E-state index contributed by atoms with van der Waals surface area (Å²) in [6, 6.07) is 13.7. The number of anilines is 1. The Morgan fingerprint density at radius 1 is 1.09 bits per heavy atom. The zero-order valence-electron chi connectivity index (χ0n) is 19.3. The molecule has 1 amide bonds. The summed E-state index contributed by atoms with van der Waals surface area (Å²) in [6.07, 6.45) is 4.62. The van der Waals surface area contributed by atoms with Crippen molar-refractivity contribution in [3.63, 3.8) is 0 Å². The lowest BCUT2D eigenvalue weighted by Gasteiger charge is -2.52. The molecule has 1 heterocycles. The van der Waals surface area contributed by atoms with E-state index in [0.717, 1.165) is 42.5 Å². The lowest BCUT2D eigenvalue weighted by molar-refractivity contribution is -0.135. The third-order valence-corrected chi connectivity index (χ3v) is 7.10. The summed E-state index contributed by atoms with van der Waals surface area (Å²) >= 11 is 0. The van der Waals surface area contributed by atoms with Gasteiger partial charge in [-0.3, -0.25) is 9.69 Å². The first kappa shape index (κ1) is 22.6. The van der Waals surface area contributed by atoms with Crippen LogP contribution in [0.1, 0.15) is 49.3 Å². The minimum absolute atomic E-state index is 0.0411. The summed E-state index contributed by atoms with van der Waals surface area (Å²) in [5, 5.41) is 14.5. The maximum absolute atomic E-state index is 12.9. The molecule has 1 aliphatic heterocycles. The second-order valence-electron chi connectivity index (χ2n) is 9.15. The largest absolute Gasteiger partial charge is 0.493 e. The van der Waals surface area contributed by atoms with Crippen molar-refractivity contribution < 1.29 is 19.4 Å². The number of piperidine rings is 1. The van der Waals surface area contributed by atoms with Gasteiger partial charge in [0.25, 0.3) is 0 Å². The van der Waals surface area contributed by atoms with E-state index in [1.807, 2.05) is 49.4 Å². The maximum atomic E-state index is 12.9. The number of benzene rings is 2. The zero-order valence-corrected chi connectivity index (χ0v) is 19.3. The van der Waals surface area contributed by atoms with E-state index in [9.17, 15) is 9.90 Å². The predicted molar refractivity (Wildman–Crippen MR) is 125 cm³/mol. The monoisotopic (exact) mass is 438 g/mol. The Labute approximate surface area is 190 Å². The van der Waals surface area contributed by atoms with E-state index in [4.69, 9.17) is 9.47 Å². The van der Waals surface area contributed by atoms with Crippen LogP contribution in [0.5, 0.6) is 11.5 Å². The molecule has 1 saturated carbocycles. The van der Waals surface area contributed by atoms with Crippen LogP contribution in [0.15, 0.2) is 42.5 Å². The first-order valence-electron chi connectivity index (χ1n) is 11.5. The van der Waals surface area contributed by atoms with Gasteiger partial charge < -0.3 is 19.9 Å². The summed E-state index contributed by atoms with van der Waals surface area (Å²) in [5.74, 6) is 1.38. The molecule has 2 aliphatic rings. The summed E-state index contributed by atoms with van der Waals surface area (Å²) < 4.78 is 11.0. The Morgan fingerprint density at radius 2 is 1.84 bits per heavy atom. The Kier molecular flexibility index (Phi) is 6.72. The molecule has 2 aromatic carbocycles. The van der Waals surface area contributed by atoms with Crippen molar-refractivity contribution in [3.05, 3.63) is 53.6 Å². The number of likely N-dealkylation sites (tertiary alicyclic amines) is 1. The van der Waals surface area contributed by atoms with Crippen LogP contribution in [0.2, 0.25) is 0 Å². The second kappa shape index (κ2) is 9.51. The average molecular weight is 439 g/mol. The maximum Gasteiger partial charge on any atom is 0.238 e. The Balaban J connectivity index is 1.61. The van der Waals surface area contributed by atoms with Crippen molar-refractivity contribution in [3.8, 4) is 11.5 Å². The molecule has 0 unspecified atom stereocenters. The summed E-state index contributed by atoms with van der Waals surface area (Å²) in [4.78, 5) is 15.2. The number of nitrogens with zero attached hydrogens (tertiary/aromatic N) is 1. The van der Waals surface area contributed by atoms with Gasteiger partial charge in [-0.05, 0) is 56.0 Å². The number of amides is 1. The van der Waals surface area contributed by atoms with Crippen LogP contribution in [0.4, 0.5) is 5.69 Å². The molecular formula is C26H34N2O4. The molecular weight excluding hydrogens is 404 g/mol. The van der Waals surface area contributed by atoms with Gasteiger partial charge in [0.05, 0.1) is 26.4 Å². The number of hydrogen-bond acceptors (Lipinski definition) is 5. The number of aryl methyl sites for hydroxylation is 1. The number of carbonyl (C=O) groups is 1. The molecule has 2 N–H and O–H groups in total. The van der Waals surface area contributed by atoms with Crippen LogP contribution in [-0.2, 0) is 4.79 Å². The number of fused-ring (bicyclic) bond motifs is 1. The van der Waals surface area contributed by atoms with Gasteiger partial charge in [-0.15, -0.1) is 0 Å². The van der Waals surface area contributed by atoms with Gasteiger partial charge in [0, 0.05) is 24.2 Å². The van der Waals surface area contributed by atoms with Crippen LogP contribution < -0.4 is 14.8 Å². The van der Waals surface area contributed by atoms with Gasteiger partial charge in [-0.2, -0.15) is 0 Å². The number of nitrogens with one attached hydrogen (secondary N) is 1. The fourth-order valence-electron chi connectivity index (χ4n) is 5.42. The number of methoxy groups -OCH3 is 2. The third-order valence-electron chi connectivity index (χ3n) is 7.10.